The number of hydrogen-bond acceptors (Lipinski definition) is 3. The third-order valence-electron chi connectivity index (χ3n) is 2.46. The molecule has 3 N–H and O–H groups in total. The Morgan fingerprint density at radius 1 is 1.75 bits per heavy atom. The fourth-order valence-electron chi connectivity index (χ4n) is 1.85. The van der Waals surface area contributed by atoms with E-state index in [0.717, 1.165) is 18.8 Å². The predicted molar refractivity (Wildman–Crippen MR) is 47.8 cm³/mol. The second-order valence-electron chi connectivity index (χ2n) is 3.30. The summed E-state index contributed by atoms with van der Waals surface area (Å²) in [6.07, 6.45) is 2.90. The lowest BCUT2D eigenvalue weighted by atomic mass is 10.0. The molecule has 0 amide bonds. The number of aromatic nitrogens is 2. The Bertz CT molecular complexity index is 253. The van der Waals surface area contributed by atoms with Gasteiger partial charge in [0.05, 0.1) is 17.6 Å². The first-order valence-electron chi connectivity index (χ1n) is 4.27. The molecule has 12 heavy (non-hydrogen) atoms. The molecule has 0 radical (unpaired) electrons. The topological polar surface area (TPSA) is 55.9 Å². The molecule has 0 aliphatic carbocycles. The minimum absolute atomic E-state index is 0.553. The summed E-state index contributed by atoms with van der Waals surface area (Å²) in [7, 11) is 1.95. The van der Waals surface area contributed by atoms with Crippen molar-refractivity contribution in [1.29, 1.82) is 0 Å². The highest BCUT2D eigenvalue weighted by molar-refractivity contribution is 5.43. The average Bonchev–Trinajstić information content (AvgIpc) is 2.61. The van der Waals surface area contributed by atoms with Crippen molar-refractivity contribution < 1.29 is 0 Å². The van der Waals surface area contributed by atoms with E-state index >= 15 is 0 Å². The van der Waals surface area contributed by atoms with Crippen LogP contribution >= 0.6 is 0 Å². The van der Waals surface area contributed by atoms with Crippen LogP contribution in [0.15, 0.2) is 6.20 Å². The van der Waals surface area contributed by atoms with Gasteiger partial charge < -0.3 is 11.1 Å². The average molecular weight is 166 g/mol. The number of hydrogen-bond donors (Lipinski definition) is 2. The SMILES string of the molecule is Cn1ncc(N)c1C1CCNC1. The summed E-state index contributed by atoms with van der Waals surface area (Å²) in [5, 5.41) is 7.44. The number of nitrogens with zero attached hydrogens (tertiary/aromatic N) is 2. The molecule has 0 spiro atoms. The molecule has 1 aromatic heterocycles. The van der Waals surface area contributed by atoms with E-state index in [1.807, 2.05) is 11.7 Å². The van der Waals surface area contributed by atoms with Crippen molar-refractivity contribution in [2.75, 3.05) is 18.8 Å². The zero-order valence-corrected chi connectivity index (χ0v) is 7.25. The van der Waals surface area contributed by atoms with Crippen LogP contribution in [0.4, 0.5) is 5.69 Å². The van der Waals surface area contributed by atoms with Gasteiger partial charge in [0, 0.05) is 19.5 Å². The van der Waals surface area contributed by atoms with Crippen LogP contribution in [0, 0.1) is 0 Å². The van der Waals surface area contributed by atoms with Gasteiger partial charge in [0.1, 0.15) is 0 Å². The third-order valence-corrected chi connectivity index (χ3v) is 2.46. The first kappa shape index (κ1) is 7.61. The summed E-state index contributed by atoms with van der Waals surface area (Å²) in [5.74, 6) is 0.553. The number of nitrogens with one attached hydrogen (secondary N) is 1. The van der Waals surface area contributed by atoms with Crippen molar-refractivity contribution in [2.24, 2.45) is 7.05 Å². The van der Waals surface area contributed by atoms with Gasteiger partial charge >= 0.3 is 0 Å². The third kappa shape index (κ3) is 1.08. The van der Waals surface area contributed by atoms with Crippen molar-refractivity contribution in [3.8, 4) is 0 Å². The first-order chi connectivity index (χ1) is 5.79. The largest absolute Gasteiger partial charge is 0.396 e. The summed E-state index contributed by atoms with van der Waals surface area (Å²) in [4.78, 5) is 0. The van der Waals surface area contributed by atoms with Gasteiger partial charge in [0.15, 0.2) is 0 Å². The first-order valence-corrected chi connectivity index (χ1v) is 4.27. The molecule has 0 bridgehead atoms. The summed E-state index contributed by atoms with van der Waals surface area (Å²) in [6.45, 7) is 2.12. The second-order valence-corrected chi connectivity index (χ2v) is 3.30. The molecule has 4 nitrogen and oxygen atoms in total. The molecular formula is C8H14N4. The zero-order valence-electron chi connectivity index (χ0n) is 7.25. The lowest BCUT2D eigenvalue weighted by molar-refractivity contribution is 0.639. The molecule has 1 saturated heterocycles. The molecular weight excluding hydrogens is 152 g/mol. The summed E-state index contributed by atoms with van der Waals surface area (Å²) in [5.41, 5.74) is 7.82. The summed E-state index contributed by atoms with van der Waals surface area (Å²) in [6, 6.07) is 0. The van der Waals surface area contributed by atoms with Gasteiger partial charge in [-0.15, -0.1) is 0 Å². The molecule has 1 aromatic rings. The maximum atomic E-state index is 5.81. The highest BCUT2D eigenvalue weighted by Gasteiger charge is 2.21. The van der Waals surface area contributed by atoms with E-state index in [1.54, 1.807) is 6.20 Å². The smallest absolute Gasteiger partial charge is 0.0736 e. The van der Waals surface area contributed by atoms with Crippen molar-refractivity contribution in [1.82, 2.24) is 15.1 Å². The fourth-order valence-corrected chi connectivity index (χ4v) is 1.85. The molecule has 4 heteroatoms. The second kappa shape index (κ2) is 2.79. The number of nitrogen functional groups attached to an aromatic ring is 1. The van der Waals surface area contributed by atoms with Gasteiger partial charge in [-0.05, 0) is 13.0 Å². The van der Waals surface area contributed by atoms with E-state index < -0.39 is 0 Å². The molecule has 66 valence electrons. The summed E-state index contributed by atoms with van der Waals surface area (Å²) < 4.78 is 1.88. The Balaban J connectivity index is 2.30. The van der Waals surface area contributed by atoms with E-state index in [9.17, 15) is 0 Å². The van der Waals surface area contributed by atoms with Crippen LogP contribution < -0.4 is 11.1 Å². The van der Waals surface area contributed by atoms with E-state index in [0.29, 0.717) is 5.92 Å². The quantitative estimate of drug-likeness (QED) is 0.621. The molecule has 1 aliphatic heterocycles. The van der Waals surface area contributed by atoms with E-state index in [2.05, 4.69) is 10.4 Å². The zero-order chi connectivity index (χ0) is 8.55. The normalized spacial score (nSPS) is 23.2. The number of nitrogens with two attached hydrogens (primary N) is 1. The maximum absolute atomic E-state index is 5.81. The van der Waals surface area contributed by atoms with E-state index in [4.69, 9.17) is 5.73 Å². The molecule has 0 saturated carbocycles. The molecule has 1 fully saturated rings. The lowest BCUT2D eigenvalue weighted by Gasteiger charge is -2.09. The standard InChI is InChI=1S/C8H14N4/c1-12-8(7(9)5-11-12)6-2-3-10-4-6/h5-6,10H,2-4,9H2,1H3. The lowest BCUT2D eigenvalue weighted by Crippen LogP contribution is -2.12. The number of anilines is 1. The van der Waals surface area contributed by atoms with Crippen LogP contribution in [-0.4, -0.2) is 22.9 Å². The molecule has 1 atom stereocenters. The Hall–Kier alpha value is -1.03. The van der Waals surface area contributed by atoms with Gasteiger partial charge in [-0.2, -0.15) is 5.10 Å². The molecule has 0 aromatic carbocycles. The highest BCUT2D eigenvalue weighted by Crippen LogP contribution is 2.26. The molecule has 2 rings (SSSR count). The predicted octanol–water partition coefficient (Wildman–Crippen LogP) is 0.0792. The van der Waals surface area contributed by atoms with Crippen LogP contribution in [0.5, 0.6) is 0 Å². The van der Waals surface area contributed by atoms with Gasteiger partial charge in [-0.1, -0.05) is 0 Å². The van der Waals surface area contributed by atoms with Gasteiger partial charge in [0.2, 0.25) is 0 Å². The van der Waals surface area contributed by atoms with Crippen LogP contribution in [0.3, 0.4) is 0 Å². The maximum Gasteiger partial charge on any atom is 0.0736 e. The van der Waals surface area contributed by atoms with Gasteiger partial charge in [-0.25, -0.2) is 0 Å². The van der Waals surface area contributed by atoms with Gasteiger partial charge in [0.25, 0.3) is 0 Å². The number of aryl methyl sites for hydroxylation is 1. The Morgan fingerprint density at radius 3 is 3.08 bits per heavy atom. The van der Waals surface area contributed by atoms with Crippen LogP contribution in [0.25, 0.3) is 0 Å². The van der Waals surface area contributed by atoms with Gasteiger partial charge in [-0.3, -0.25) is 4.68 Å². The van der Waals surface area contributed by atoms with Crippen molar-refractivity contribution in [3.63, 3.8) is 0 Å². The molecule has 1 unspecified atom stereocenters. The molecule has 1 aliphatic rings. The fraction of sp³-hybridized carbons (Fsp3) is 0.625. The van der Waals surface area contributed by atoms with Crippen LogP contribution in [0.2, 0.25) is 0 Å². The number of rotatable bonds is 1. The Kier molecular flexibility index (Phi) is 1.77. The summed E-state index contributed by atoms with van der Waals surface area (Å²) >= 11 is 0. The minimum atomic E-state index is 0.553. The van der Waals surface area contributed by atoms with E-state index in [-0.39, 0.29) is 0 Å². The van der Waals surface area contributed by atoms with Crippen molar-refractivity contribution in [2.45, 2.75) is 12.3 Å². The Morgan fingerprint density at radius 2 is 2.58 bits per heavy atom. The van der Waals surface area contributed by atoms with Crippen LogP contribution in [0.1, 0.15) is 18.0 Å². The minimum Gasteiger partial charge on any atom is -0.396 e. The van der Waals surface area contributed by atoms with Crippen molar-refractivity contribution >= 4 is 5.69 Å². The Labute approximate surface area is 71.7 Å². The van der Waals surface area contributed by atoms with Crippen molar-refractivity contribution in [3.05, 3.63) is 11.9 Å². The monoisotopic (exact) mass is 166 g/mol. The highest BCUT2D eigenvalue weighted by atomic mass is 15.3. The van der Waals surface area contributed by atoms with E-state index in [1.165, 1.54) is 12.1 Å². The molecule has 2 heterocycles. The van der Waals surface area contributed by atoms with Crippen LogP contribution in [-0.2, 0) is 7.05 Å².